The Kier molecular flexibility index (Phi) is 7.55. The van der Waals surface area contributed by atoms with Gasteiger partial charge in [-0.3, -0.25) is 0 Å². The molecular formula is C49H31N3O2. The van der Waals surface area contributed by atoms with E-state index >= 15 is 0 Å². The van der Waals surface area contributed by atoms with Crippen molar-refractivity contribution in [3.63, 3.8) is 0 Å². The molecule has 5 heteroatoms. The molecule has 0 amide bonds. The smallest absolute Gasteiger partial charge is 0.164 e. The van der Waals surface area contributed by atoms with Crippen LogP contribution in [0.4, 0.5) is 0 Å². The summed E-state index contributed by atoms with van der Waals surface area (Å²) in [6, 6.07) is 61.2. The summed E-state index contributed by atoms with van der Waals surface area (Å²) in [5, 5.41) is 15.9. The number of para-hydroxylation sites is 2. The molecule has 0 aliphatic rings. The molecule has 0 unspecified atom stereocenters. The zero-order valence-electron chi connectivity index (χ0n) is 29.0. The molecule has 0 bridgehead atoms. The summed E-state index contributed by atoms with van der Waals surface area (Å²) in [6.45, 7) is 0. The molecule has 2 aromatic heterocycles. The highest BCUT2D eigenvalue weighted by Crippen LogP contribution is 2.41. The fourth-order valence-electron chi connectivity index (χ4n) is 7.35. The van der Waals surface area contributed by atoms with Crippen LogP contribution in [0.3, 0.4) is 0 Å². The largest absolute Gasteiger partial charge is 0.507 e. The van der Waals surface area contributed by atoms with Gasteiger partial charge in [-0.05, 0) is 51.2 Å². The lowest BCUT2D eigenvalue weighted by Crippen LogP contribution is -2.01. The minimum atomic E-state index is 0.140. The Bertz CT molecular complexity index is 2990. The van der Waals surface area contributed by atoms with E-state index < -0.39 is 0 Å². The first-order chi connectivity index (χ1) is 26.7. The molecule has 0 aliphatic carbocycles. The van der Waals surface area contributed by atoms with Gasteiger partial charge in [-0.15, -0.1) is 0 Å². The molecule has 0 radical (unpaired) electrons. The van der Waals surface area contributed by atoms with E-state index in [1.807, 2.05) is 78.9 Å². The number of aromatic hydroxyl groups is 1. The molecule has 1 N–H and O–H groups in total. The van der Waals surface area contributed by atoms with E-state index in [-0.39, 0.29) is 5.75 Å². The second-order valence-corrected chi connectivity index (χ2v) is 13.4. The van der Waals surface area contributed by atoms with Crippen molar-refractivity contribution in [2.75, 3.05) is 0 Å². The number of hydrogen-bond acceptors (Lipinski definition) is 5. The van der Waals surface area contributed by atoms with Crippen LogP contribution in [-0.4, -0.2) is 20.1 Å². The van der Waals surface area contributed by atoms with Gasteiger partial charge >= 0.3 is 0 Å². The zero-order valence-corrected chi connectivity index (χ0v) is 29.0. The van der Waals surface area contributed by atoms with Crippen molar-refractivity contribution < 1.29 is 9.52 Å². The monoisotopic (exact) mass is 693 g/mol. The van der Waals surface area contributed by atoms with Crippen molar-refractivity contribution in [2.45, 2.75) is 0 Å². The number of furan rings is 1. The van der Waals surface area contributed by atoms with Gasteiger partial charge in [0.1, 0.15) is 16.9 Å². The van der Waals surface area contributed by atoms with Gasteiger partial charge in [-0.25, -0.2) is 15.0 Å². The fraction of sp³-hybridized carbons (Fsp3) is 0. The van der Waals surface area contributed by atoms with Crippen LogP contribution < -0.4 is 0 Å². The summed E-state index contributed by atoms with van der Waals surface area (Å²) < 4.78 is 6.33. The van der Waals surface area contributed by atoms with Crippen molar-refractivity contribution >= 4 is 32.7 Å². The van der Waals surface area contributed by atoms with Gasteiger partial charge in [0.25, 0.3) is 0 Å². The van der Waals surface area contributed by atoms with E-state index in [1.54, 1.807) is 6.07 Å². The third kappa shape index (κ3) is 5.56. The molecule has 5 nitrogen and oxygen atoms in total. The van der Waals surface area contributed by atoms with Gasteiger partial charge in [-0.1, -0.05) is 164 Å². The number of phenols is 1. The Morgan fingerprint density at radius 2 is 0.944 bits per heavy atom. The maximum absolute atomic E-state index is 11.5. The van der Waals surface area contributed by atoms with E-state index in [4.69, 9.17) is 19.4 Å². The molecule has 0 saturated heterocycles. The van der Waals surface area contributed by atoms with E-state index in [2.05, 4.69) is 97.1 Å². The summed E-state index contributed by atoms with van der Waals surface area (Å²) >= 11 is 0. The minimum Gasteiger partial charge on any atom is -0.507 e. The lowest BCUT2D eigenvalue weighted by atomic mass is 9.95. The van der Waals surface area contributed by atoms with Gasteiger partial charge < -0.3 is 9.52 Å². The molecular weight excluding hydrogens is 663 g/mol. The molecule has 0 saturated carbocycles. The molecule has 0 aliphatic heterocycles. The molecule has 10 aromatic rings. The molecule has 10 rings (SSSR count). The lowest BCUT2D eigenvalue weighted by molar-refractivity contribution is 0.477. The average molecular weight is 694 g/mol. The summed E-state index contributed by atoms with van der Waals surface area (Å²) in [4.78, 5) is 15.2. The number of rotatable bonds is 6. The summed E-state index contributed by atoms with van der Waals surface area (Å²) in [5.74, 6) is 1.71. The van der Waals surface area contributed by atoms with E-state index in [0.29, 0.717) is 28.6 Å². The van der Waals surface area contributed by atoms with Gasteiger partial charge in [0, 0.05) is 38.6 Å². The Morgan fingerprint density at radius 1 is 0.370 bits per heavy atom. The Labute approximate surface area is 311 Å². The number of nitrogens with zero attached hydrogens (tertiary/aromatic N) is 3. The van der Waals surface area contributed by atoms with Crippen LogP contribution in [0.25, 0.3) is 100 Å². The second kappa shape index (κ2) is 13.0. The molecule has 54 heavy (non-hydrogen) atoms. The van der Waals surface area contributed by atoms with Gasteiger partial charge in [0.05, 0.1) is 0 Å². The molecule has 0 fully saturated rings. The summed E-state index contributed by atoms with van der Waals surface area (Å²) in [7, 11) is 0. The topological polar surface area (TPSA) is 72.0 Å². The van der Waals surface area contributed by atoms with Crippen LogP contribution in [0, 0.1) is 0 Å². The molecule has 0 atom stereocenters. The predicted molar refractivity (Wildman–Crippen MR) is 219 cm³/mol. The Morgan fingerprint density at radius 3 is 1.78 bits per heavy atom. The minimum absolute atomic E-state index is 0.140. The molecule has 0 spiro atoms. The first-order valence-electron chi connectivity index (χ1n) is 17.9. The van der Waals surface area contributed by atoms with Crippen molar-refractivity contribution in [1.29, 1.82) is 0 Å². The normalized spacial score (nSPS) is 11.4. The van der Waals surface area contributed by atoms with Crippen LogP contribution >= 0.6 is 0 Å². The van der Waals surface area contributed by atoms with Crippen LogP contribution in [0.1, 0.15) is 0 Å². The second-order valence-electron chi connectivity index (χ2n) is 13.4. The molecule has 8 aromatic carbocycles. The first-order valence-corrected chi connectivity index (χ1v) is 17.9. The van der Waals surface area contributed by atoms with Crippen LogP contribution in [0.15, 0.2) is 186 Å². The molecule has 2 heterocycles. The lowest BCUT2D eigenvalue weighted by Gasteiger charge is -2.14. The van der Waals surface area contributed by atoms with Crippen molar-refractivity contribution in [2.24, 2.45) is 0 Å². The van der Waals surface area contributed by atoms with Crippen molar-refractivity contribution in [3.8, 4) is 73.3 Å². The summed E-state index contributed by atoms with van der Waals surface area (Å²) in [6.07, 6.45) is 0. The average Bonchev–Trinajstić information content (AvgIpc) is 3.63. The van der Waals surface area contributed by atoms with Crippen LogP contribution in [0.2, 0.25) is 0 Å². The number of aromatic nitrogens is 3. The van der Waals surface area contributed by atoms with Crippen LogP contribution in [-0.2, 0) is 0 Å². The third-order valence-electron chi connectivity index (χ3n) is 10.1. The highest BCUT2D eigenvalue weighted by molar-refractivity contribution is 6.09. The maximum atomic E-state index is 11.5. The van der Waals surface area contributed by atoms with Gasteiger partial charge in [0.2, 0.25) is 0 Å². The number of benzene rings is 8. The zero-order chi connectivity index (χ0) is 36.0. The first kappa shape index (κ1) is 31.4. The maximum Gasteiger partial charge on any atom is 0.164 e. The fourth-order valence-corrected chi connectivity index (χ4v) is 7.35. The third-order valence-corrected chi connectivity index (χ3v) is 10.1. The number of hydrogen-bond donors (Lipinski definition) is 1. The molecule has 254 valence electrons. The van der Waals surface area contributed by atoms with Crippen molar-refractivity contribution in [1.82, 2.24) is 15.0 Å². The van der Waals surface area contributed by atoms with E-state index in [0.717, 1.165) is 71.7 Å². The Balaban J connectivity index is 1.10. The number of fused-ring (bicyclic) bond motifs is 4. The Hall–Kier alpha value is -7.37. The van der Waals surface area contributed by atoms with Crippen LogP contribution in [0.5, 0.6) is 5.75 Å². The van der Waals surface area contributed by atoms with Gasteiger partial charge in [0.15, 0.2) is 17.5 Å². The highest BCUT2D eigenvalue weighted by atomic mass is 16.3. The van der Waals surface area contributed by atoms with Gasteiger partial charge in [-0.2, -0.15) is 0 Å². The van der Waals surface area contributed by atoms with E-state index in [1.165, 1.54) is 0 Å². The highest BCUT2D eigenvalue weighted by Gasteiger charge is 2.19. The predicted octanol–water partition coefficient (Wildman–Crippen LogP) is 12.6. The SMILES string of the molecule is Oc1cccc(-c2nc(-c3ccc(-c4ccccc4)cc3)nc(-c3ccc4ccccc4c3)n2)c1-c1ccc(-c2cccc3c2oc2ccccc23)cc1. The quantitative estimate of drug-likeness (QED) is 0.188. The number of phenolic OH excluding ortho intramolecular Hbond substituents is 1. The summed E-state index contributed by atoms with van der Waals surface area (Å²) in [5.41, 5.74) is 9.92. The standard InChI is InChI=1S/C49H31N3O2/c53-43-18-9-17-42(45(43)35-25-23-34(24-26-35)39-15-8-16-41-40-14-6-7-19-44(40)54-46(39)41)49-51-47(36-27-20-33(21-28-36)31-10-2-1-3-11-31)50-48(52-49)38-29-22-32-12-4-5-13-37(32)30-38/h1-30,53H. The van der Waals surface area contributed by atoms with E-state index in [9.17, 15) is 5.11 Å². The van der Waals surface area contributed by atoms with Crippen molar-refractivity contribution in [3.05, 3.63) is 182 Å².